The molecule has 0 radical (unpaired) electrons. The maximum Gasteiger partial charge on any atom is 0.164 e. The van der Waals surface area contributed by atoms with Gasteiger partial charge in [0.15, 0.2) is 11.5 Å². The Balaban J connectivity index is 1.95. The van der Waals surface area contributed by atoms with Gasteiger partial charge in [0.05, 0.1) is 21.3 Å². The van der Waals surface area contributed by atoms with Crippen molar-refractivity contribution in [3.8, 4) is 17.2 Å². The van der Waals surface area contributed by atoms with Crippen LogP contribution in [0.2, 0.25) is 5.02 Å². The molecule has 23 heavy (non-hydrogen) atoms. The molecule has 0 aliphatic carbocycles. The molecule has 0 unspecified atom stereocenters. The van der Waals surface area contributed by atoms with Crippen LogP contribution in [0.25, 0.3) is 0 Å². The Morgan fingerprint density at radius 2 is 1.48 bits per heavy atom. The van der Waals surface area contributed by atoms with Gasteiger partial charge in [0.1, 0.15) is 5.75 Å². The number of ether oxygens (including phenoxy) is 3. The van der Waals surface area contributed by atoms with Gasteiger partial charge in [0.2, 0.25) is 0 Å². The number of benzene rings is 2. The number of hydrogen-bond donors (Lipinski definition) is 1. The molecule has 2 rings (SSSR count). The van der Waals surface area contributed by atoms with Crippen LogP contribution in [0.5, 0.6) is 17.2 Å². The lowest BCUT2D eigenvalue weighted by Gasteiger charge is -2.14. The third kappa shape index (κ3) is 4.78. The molecule has 2 aromatic carbocycles. The zero-order chi connectivity index (χ0) is 16.7. The van der Waals surface area contributed by atoms with Crippen molar-refractivity contribution in [2.45, 2.75) is 13.0 Å². The van der Waals surface area contributed by atoms with Crippen molar-refractivity contribution in [2.75, 3.05) is 27.9 Å². The zero-order valence-corrected chi connectivity index (χ0v) is 14.4. The highest BCUT2D eigenvalue weighted by atomic mass is 35.5. The third-order valence-corrected chi connectivity index (χ3v) is 3.86. The molecule has 0 spiro atoms. The van der Waals surface area contributed by atoms with E-state index in [1.807, 2.05) is 36.4 Å². The minimum absolute atomic E-state index is 0.661. The zero-order valence-electron chi connectivity index (χ0n) is 13.7. The molecular weight excluding hydrogens is 314 g/mol. The van der Waals surface area contributed by atoms with E-state index in [2.05, 4.69) is 5.32 Å². The fraction of sp³-hybridized carbons (Fsp3) is 0.333. The van der Waals surface area contributed by atoms with Crippen molar-refractivity contribution in [1.29, 1.82) is 0 Å². The summed E-state index contributed by atoms with van der Waals surface area (Å²) in [4.78, 5) is 0. The second-order valence-corrected chi connectivity index (χ2v) is 5.51. The molecule has 5 heteroatoms. The van der Waals surface area contributed by atoms with E-state index in [0.29, 0.717) is 18.0 Å². The Labute approximate surface area is 142 Å². The van der Waals surface area contributed by atoms with Crippen LogP contribution in [0, 0.1) is 0 Å². The first kappa shape index (κ1) is 17.4. The minimum Gasteiger partial charge on any atom is -0.496 e. The SMILES string of the molecule is COc1cc(OC)c(OC)cc1CNCCc1ccc(Cl)cc1. The molecule has 0 heterocycles. The van der Waals surface area contributed by atoms with Crippen LogP contribution in [-0.4, -0.2) is 27.9 Å². The normalized spacial score (nSPS) is 10.4. The quantitative estimate of drug-likeness (QED) is 0.747. The lowest BCUT2D eigenvalue weighted by Crippen LogP contribution is -2.17. The van der Waals surface area contributed by atoms with Crippen LogP contribution < -0.4 is 19.5 Å². The maximum atomic E-state index is 5.89. The van der Waals surface area contributed by atoms with Gasteiger partial charge in [0.25, 0.3) is 0 Å². The molecule has 4 nitrogen and oxygen atoms in total. The second-order valence-electron chi connectivity index (χ2n) is 5.07. The first-order valence-corrected chi connectivity index (χ1v) is 7.79. The highest BCUT2D eigenvalue weighted by molar-refractivity contribution is 6.30. The predicted octanol–water partition coefficient (Wildman–Crippen LogP) is 3.70. The van der Waals surface area contributed by atoms with E-state index < -0.39 is 0 Å². The summed E-state index contributed by atoms with van der Waals surface area (Å²) in [6.07, 6.45) is 0.937. The standard InChI is InChI=1S/C18H22ClNO3/c1-21-16-11-18(23-3)17(22-2)10-14(16)12-20-9-8-13-4-6-15(19)7-5-13/h4-7,10-11,20H,8-9,12H2,1-3H3. The van der Waals surface area contributed by atoms with Crippen LogP contribution in [0.1, 0.15) is 11.1 Å². The van der Waals surface area contributed by atoms with E-state index in [-0.39, 0.29) is 0 Å². The molecule has 0 aliphatic heterocycles. The molecule has 0 bridgehead atoms. The molecular formula is C18H22ClNO3. The molecule has 0 aromatic heterocycles. The average Bonchev–Trinajstić information content (AvgIpc) is 2.59. The summed E-state index contributed by atoms with van der Waals surface area (Å²) in [6.45, 7) is 1.55. The van der Waals surface area contributed by atoms with E-state index in [0.717, 1.165) is 29.3 Å². The topological polar surface area (TPSA) is 39.7 Å². The number of hydrogen-bond acceptors (Lipinski definition) is 4. The monoisotopic (exact) mass is 335 g/mol. The molecule has 0 amide bonds. The number of methoxy groups -OCH3 is 3. The van der Waals surface area contributed by atoms with Crippen molar-refractivity contribution >= 4 is 11.6 Å². The van der Waals surface area contributed by atoms with Crippen molar-refractivity contribution in [2.24, 2.45) is 0 Å². The first-order valence-electron chi connectivity index (χ1n) is 7.42. The van der Waals surface area contributed by atoms with Gasteiger partial charge >= 0.3 is 0 Å². The molecule has 124 valence electrons. The van der Waals surface area contributed by atoms with Gasteiger partial charge < -0.3 is 19.5 Å². The van der Waals surface area contributed by atoms with Crippen LogP contribution in [0.4, 0.5) is 0 Å². The van der Waals surface area contributed by atoms with Crippen LogP contribution in [0.3, 0.4) is 0 Å². The van der Waals surface area contributed by atoms with Crippen molar-refractivity contribution in [3.63, 3.8) is 0 Å². The second kappa shape index (κ2) is 8.65. The van der Waals surface area contributed by atoms with Gasteiger partial charge in [0, 0.05) is 23.2 Å². The largest absolute Gasteiger partial charge is 0.496 e. The van der Waals surface area contributed by atoms with Crippen molar-refractivity contribution in [1.82, 2.24) is 5.32 Å². The van der Waals surface area contributed by atoms with Gasteiger partial charge in [-0.05, 0) is 36.7 Å². The van der Waals surface area contributed by atoms with Gasteiger partial charge in [-0.1, -0.05) is 23.7 Å². The van der Waals surface area contributed by atoms with Crippen molar-refractivity contribution < 1.29 is 14.2 Å². The van der Waals surface area contributed by atoms with Crippen LogP contribution >= 0.6 is 11.6 Å². The predicted molar refractivity (Wildman–Crippen MR) is 93.0 cm³/mol. The fourth-order valence-electron chi connectivity index (χ4n) is 2.34. The Kier molecular flexibility index (Phi) is 6.56. The number of rotatable bonds is 8. The summed E-state index contributed by atoms with van der Waals surface area (Å²) in [5, 5.41) is 4.18. The smallest absolute Gasteiger partial charge is 0.164 e. The summed E-state index contributed by atoms with van der Waals surface area (Å²) < 4.78 is 16.1. The highest BCUT2D eigenvalue weighted by Gasteiger charge is 2.11. The summed E-state index contributed by atoms with van der Waals surface area (Å²) >= 11 is 5.89. The average molecular weight is 336 g/mol. The van der Waals surface area contributed by atoms with Crippen molar-refractivity contribution in [3.05, 3.63) is 52.5 Å². The Hall–Kier alpha value is -1.91. The van der Waals surface area contributed by atoms with E-state index in [1.165, 1.54) is 5.56 Å². The summed E-state index contributed by atoms with van der Waals surface area (Å²) in [6, 6.07) is 11.7. The Bertz CT molecular complexity index is 629. The van der Waals surface area contributed by atoms with E-state index >= 15 is 0 Å². The summed E-state index contributed by atoms with van der Waals surface area (Å²) in [5.41, 5.74) is 2.28. The molecule has 0 aliphatic rings. The molecule has 2 aromatic rings. The molecule has 0 fully saturated rings. The van der Waals surface area contributed by atoms with E-state index in [1.54, 1.807) is 21.3 Å². The minimum atomic E-state index is 0.661. The number of nitrogens with one attached hydrogen (secondary N) is 1. The molecule has 0 saturated carbocycles. The van der Waals surface area contributed by atoms with E-state index in [9.17, 15) is 0 Å². The van der Waals surface area contributed by atoms with Gasteiger partial charge in [-0.2, -0.15) is 0 Å². The summed E-state index contributed by atoms with van der Waals surface area (Å²) in [7, 11) is 4.89. The Morgan fingerprint density at radius 1 is 0.870 bits per heavy atom. The van der Waals surface area contributed by atoms with E-state index in [4.69, 9.17) is 25.8 Å². The molecule has 1 N–H and O–H groups in total. The Morgan fingerprint density at radius 3 is 2.09 bits per heavy atom. The van der Waals surface area contributed by atoms with Gasteiger partial charge in [-0.3, -0.25) is 0 Å². The van der Waals surface area contributed by atoms with Gasteiger partial charge in [-0.25, -0.2) is 0 Å². The third-order valence-electron chi connectivity index (χ3n) is 3.61. The lowest BCUT2D eigenvalue weighted by molar-refractivity contribution is 0.347. The number of halogens is 1. The fourth-order valence-corrected chi connectivity index (χ4v) is 2.46. The van der Waals surface area contributed by atoms with Crippen LogP contribution in [-0.2, 0) is 13.0 Å². The van der Waals surface area contributed by atoms with Gasteiger partial charge in [-0.15, -0.1) is 0 Å². The molecule has 0 atom stereocenters. The lowest BCUT2D eigenvalue weighted by atomic mass is 10.1. The highest BCUT2D eigenvalue weighted by Crippen LogP contribution is 2.34. The maximum absolute atomic E-state index is 5.89. The summed E-state index contributed by atoms with van der Waals surface area (Å²) in [5.74, 6) is 2.14. The molecule has 0 saturated heterocycles. The van der Waals surface area contributed by atoms with Crippen LogP contribution in [0.15, 0.2) is 36.4 Å². The first-order chi connectivity index (χ1) is 11.2.